The number of carbonyl (C=O) groups excluding carboxylic acids is 2. The molecule has 0 radical (unpaired) electrons. The third kappa shape index (κ3) is 4.51. The lowest BCUT2D eigenvalue weighted by molar-refractivity contribution is -0.163. The van der Waals surface area contributed by atoms with Crippen LogP contribution in [0.4, 0.5) is 4.79 Å². The lowest BCUT2D eigenvalue weighted by Crippen LogP contribution is -2.60. The van der Waals surface area contributed by atoms with E-state index in [0.29, 0.717) is 10.7 Å². The van der Waals surface area contributed by atoms with Crippen LogP contribution in [0.5, 0.6) is 0 Å². The number of amides is 2. The molecular weight excluding hydrogens is 466 g/mol. The molecule has 1 saturated heterocycles. The van der Waals surface area contributed by atoms with Gasteiger partial charge in [-0.1, -0.05) is 48.5 Å². The van der Waals surface area contributed by atoms with Crippen LogP contribution in [0.25, 0.3) is 11.1 Å². The Morgan fingerprint density at radius 1 is 1.11 bits per heavy atom. The number of carboxylic acid groups (broad SMARTS) is 1. The van der Waals surface area contributed by atoms with E-state index in [9.17, 15) is 19.5 Å². The van der Waals surface area contributed by atoms with Crippen LogP contribution < -0.4 is 5.32 Å². The van der Waals surface area contributed by atoms with E-state index < -0.39 is 17.5 Å². The van der Waals surface area contributed by atoms with Crippen LogP contribution in [-0.2, 0) is 27.3 Å². The molecule has 180 valence electrons. The smallest absolute Gasteiger partial charge is 0.407 e. The summed E-state index contributed by atoms with van der Waals surface area (Å²) in [6, 6.07) is 16.3. The van der Waals surface area contributed by atoms with Crippen molar-refractivity contribution in [3.8, 4) is 11.1 Å². The lowest BCUT2D eigenvalue weighted by atomic mass is 9.82. The number of carbonyl (C=O) groups is 3. The molecule has 35 heavy (non-hydrogen) atoms. The highest BCUT2D eigenvalue weighted by Crippen LogP contribution is 2.44. The number of nitrogens with zero attached hydrogens (tertiary/aromatic N) is 2. The van der Waals surface area contributed by atoms with E-state index in [0.717, 1.165) is 11.1 Å². The zero-order valence-electron chi connectivity index (χ0n) is 19.2. The van der Waals surface area contributed by atoms with Crippen LogP contribution in [0.2, 0.25) is 0 Å². The fourth-order valence-corrected chi connectivity index (χ4v) is 5.42. The zero-order valence-corrected chi connectivity index (χ0v) is 20.0. The molecule has 2 amide bonds. The van der Waals surface area contributed by atoms with Gasteiger partial charge in [0, 0.05) is 24.4 Å². The van der Waals surface area contributed by atoms with Gasteiger partial charge in [0.15, 0.2) is 0 Å². The molecule has 2 aromatic carbocycles. The number of hydrogen-bond donors (Lipinski definition) is 2. The molecule has 1 aromatic heterocycles. The number of rotatable bonds is 7. The summed E-state index contributed by atoms with van der Waals surface area (Å²) >= 11 is 1.35. The highest BCUT2D eigenvalue weighted by Gasteiger charge is 2.47. The first-order valence-corrected chi connectivity index (χ1v) is 12.3. The summed E-state index contributed by atoms with van der Waals surface area (Å²) < 4.78 is 5.54. The normalized spacial score (nSPS) is 15.6. The highest BCUT2D eigenvalue weighted by molar-refractivity contribution is 7.09. The van der Waals surface area contributed by atoms with Gasteiger partial charge in [-0.2, -0.15) is 0 Å². The van der Waals surface area contributed by atoms with E-state index >= 15 is 0 Å². The van der Waals surface area contributed by atoms with Gasteiger partial charge in [0.25, 0.3) is 0 Å². The molecule has 2 N–H and O–H groups in total. The second-order valence-electron chi connectivity index (χ2n) is 9.20. The molecular formula is C26H25N3O5S. The number of carboxylic acids is 1. The summed E-state index contributed by atoms with van der Waals surface area (Å²) in [5.41, 5.74) is 4.40. The van der Waals surface area contributed by atoms with Crippen molar-refractivity contribution in [2.45, 2.75) is 25.8 Å². The zero-order chi connectivity index (χ0) is 24.6. The van der Waals surface area contributed by atoms with E-state index in [2.05, 4.69) is 34.6 Å². The topological polar surface area (TPSA) is 109 Å². The maximum atomic E-state index is 12.4. The Hall–Kier alpha value is -3.72. The number of aliphatic carboxylic acids is 1. The maximum Gasteiger partial charge on any atom is 0.407 e. The highest BCUT2D eigenvalue weighted by atomic mass is 32.1. The molecule has 8 nitrogen and oxygen atoms in total. The molecule has 0 saturated carbocycles. The number of thiazole rings is 1. The Balaban J connectivity index is 1.11. The predicted octanol–water partition coefficient (Wildman–Crippen LogP) is 3.66. The van der Waals surface area contributed by atoms with E-state index in [1.54, 1.807) is 12.3 Å². The average molecular weight is 492 g/mol. The summed E-state index contributed by atoms with van der Waals surface area (Å²) in [7, 11) is 0. The number of fused-ring (bicyclic) bond motifs is 3. The van der Waals surface area contributed by atoms with Crippen LogP contribution in [0.3, 0.4) is 0 Å². The predicted molar refractivity (Wildman–Crippen MR) is 130 cm³/mol. The van der Waals surface area contributed by atoms with Crippen LogP contribution >= 0.6 is 11.3 Å². The summed E-state index contributed by atoms with van der Waals surface area (Å²) in [6.07, 6.45) is -0.412. The largest absolute Gasteiger partial charge is 0.481 e. The minimum atomic E-state index is -0.892. The van der Waals surface area contributed by atoms with Crippen molar-refractivity contribution in [1.29, 1.82) is 0 Å². The molecule has 1 aliphatic carbocycles. The van der Waals surface area contributed by atoms with E-state index in [1.807, 2.05) is 24.3 Å². The second kappa shape index (κ2) is 9.14. The summed E-state index contributed by atoms with van der Waals surface area (Å²) in [6.45, 7) is 2.50. The van der Waals surface area contributed by atoms with Crippen molar-refractivity contribution in [2.75, 3.05) is 19.7 Å². The summed E-state index contributed by atoms with van der Waals surface area (Å²) in [4.78, 5) is 41.9. The van der Waals surface area contributed by atoms with Gasteiger partial charge in [-0.3, -0.25) is 9.59 Å². The maximum absolute atomic E-state index is 12.4. The molecule has 1 aliphatic heterocycles. The molecule has 5 rings (SSSR count). The van der Waals surface area contributed by atoms with Gasteiger partial charge < -0.3 is 20.1 Å². The quantitative estimate of drug-likeness (QED) is 0.522. The Morgan fingerprint density at radius 2 is 1.74 bits per heavy atom. The fraction of sp³-hybridized carbons (Fsp3) is 0.308. The van der Waals surface area contributed by atoms with Crippen molar-refractivity contribution in [2.24, 2.45) is 5.41 Å². The number of likely N-dealkylation sites (tertiary alicyclic amines) is 1. The van der Waals surface area contributed by atoms with Gasteiger partial charge >= 0.3 is 12.1 Å². The second-order valence-corrected chi connectivity index (χ2v) is 10.1. The van der Waals surface area contributed by atoms with Crippen LogP contribution in [0.1, 0.15) is 34.7 Å². The van der Waals surface area contributed by atoms with Crippen molar-refractivity contribution in [3.05, 3.63) is 75.7 Å². The van der Waals surface area contributed by atoms with E-state index in [1.165, 1.54) is 27.4 Å². The minimum absolute atomic E-state index is 0.00452. The van der Waals surface area contributed by atoms with Gasteiger partial charge in [-0.15, -0.1) is 11.3 Å². The molecule has 1 fully saturated rings. The van der Waals surface area contributed by atoms with Gasteiger partial charge in [0.05, 0.1) is 24.1 Å². The number of alkyl carbamates (subject to hydrolysis) is 1. The number of hydrogen-bond acceptors (Lipinski definition) is 6. The van der Waals surface area contributed by atoms with Crippen LogP contribution in [-0.4, -0.2) is 52.7 Å². The van der Waals surface area contributed by atoms with E-state index in [-0.39, 0.29) is 44.5 Å². The number of ether oxygens (including phenoxy) is 1. The third-order valence-corrected chi connectivity index (χ3v) is 7.51. The van der Waals surface area contributed by atoms with Gasteiger partial charge in [0.2, 0.25) is 5.91 Å². The van der Waals surface area contributed by atoms with Crippen LogP contribution in [0.15, 0.2) is 53.9 Å². The van der Waals surface area contributed by atoms with Gasteiger partial charge in [-0.05, 0) is 29.2 Å². The van der Waals surface area contributed by atoms with Gasteiger partial charge in [0.1, 0.15) is 11.6 Å². The monoisotopic (exact) mass is 491 g/mol. The Kier molecular flexibility index (Phi) is 6.02. The lowest BCUT2D eigenvalue weighted by Gasteiger charge is -2.44. The Morgan fingerprint density at radius 3 is 2.37 bits per heavy atom. The summed E-state index contributed by atoms with van der Waals surface area (Å²) in [5, 5.41) is 14.4. The Labute approximate surface area is 206 Å². The first-order valence-electron chi connectivity index (χ1n) is 11.4. The van der Waals surface area contributed by atoms with E-state index in [4.69, 9.17) is 4.74 Å². The van der Waals surface area contributed by atoms with Crippen LogP contribution in [0, 0.1) is 5.41 Å². The van der Waals surface area contributed by atoms with Crippen molar-refractivity contribution < 1.29 is 24.2 Å². The van der Waals surface area contributed by atoms with Crippen molar-refractivity contribution in [1.82, 2.24) is 15.2 Å². The molecule has 2 aliphatic rings. The Bertz CT molecular complexity index is 1250. The number of benzene rings is 2. The number of nitrogens with one attached hydrogen (secondary N) is 1. The molecule has 0 atom stereocenters. The summed E-state index contributed by atoms with van der Waals surface area (Å²) in [5.74, 6) is -1.04. The standard InChI is InChI=1S/C26H25N3O5S/c1-26(24(31)32)14-29(15-26)23(30)10-16-13-35-22(28-16)11-27-25(33)34-12-21-19-8-4-2-6-17(19)18-7-3-5-9-20(18)21/h2-9,13,21H,10-12,14-15H2,1H3,(H,27,33)(H,31,32). The SMILES string of the molecule is CC1(C(=O)O)CN(C(=O)Cc2csc(CNC(=O)OCC3c4ccccc4-c4ccccc43)n2)C1. The average Bonchev–Trinajstić information content (AvgIpc) is 3.41. The third-order valence-electron chi connectivity index (χ3n) is 6.61. The van der Waals surface area contributed by atoms with Gasteiger partial charge in [-0.25, -0.2) is 9.78 Å². The number of aromatic nitrogens is 1. The molecule has 2 heterocycles. The molecule has 0 bridgehead atoms. The first-order chi connectivity index (χ1) is 16.8. The van der Waals surface area contributed by atoms with Crippen molar-refractivity contribution in [3.63, 3.8) is 0 Å². The molecule has 9 heteroatoms. The minimum Gasteiger partial charge on any atom is -0.481 e. The molecule has 0 spiro atoms. The van der Waals surface area contributed by atoms with Crippen molar-refractivity contribution >= 4 is 29.3 Å². The molecule has 0 unspecified atom stereocenters. The molecule has 3 aromatic rings. The first kappa shape index (κ1) is 23.0. The fourth-order valence-electron chi connectivity index (χ4n) is 4.68.